The third-order valence-electron chi connectivity index (χ3n) is 2.87. The summed E-state index contributed by atoms with van der Waals surface area (Å²) in [5.41, 5.74) is -0.200. The molecule has 0 radical (unpaired) electrons. The first-order valence-electron chi connectivity index (χ1n) is 6.32. The van der Waals surface area contributed by atoms with Crippen LogP contribution in [0.1, 0.15) is 12.2 Å². The molecule has 0 aromatic carbocycles. The highest BCUT2D eigenvalue weighted by atomic mass is 16.5. The summed E-state index contributed by atoms with van der Waals surface area (Å²) in [7, 11) is 0. The Kier molecular flexibility index (Phi) is 4.51. The number of aryl methyl sites for hydroxylation is 1. The molecular formula is C12H18N4O3. The minimum atomic E-state index is -0.200. The summed E-state index contributed by atoms with van der Waals surface area (Å²) in [5, 5.41) is 2.99. The summed E-state index contributed by atoms with van der Waals surface area (Å²) < 4.78 is 5.19. The molecular weight excluding hydrogens is 248 g/mol. The Morgan fingerprint density at radius 1 is 1.53 bits per heavy atom. The zero-order valence-corrected chi connectivity index (χ0v) is 10.9. The van der Waals surface area contributed by atoms with Gasteiger partial charge in [0.1, 0.15) is 11.6 Å². The summed E-state index contributed by atoms with van der Waals surface area (Å²) in [4.78, 5) is 31.6. The molecule has 1 aromatic rings. The Hall–Kier alpha value is -1.89. The van der Waals surface area contributed by atoms with E-state index in [0.717, 1.165) is 0 Å². The number of amides is 1. The quantitative estimate of drug-likeness (QED) is 0.784. The lowest BCUT2D eigenvalue weighted by molar-refractivity contribution is -0.134. The largest absolute Gasteiger partial charge is 0.378 e. The van der Waals surface area contributed by atoms with Crippen molar-refractivity contribution in [2.75, 3.05) is 38.2 Å². The number of nitrogens with zero attached hydrogens (tertiary/aromatic N) is 2. The highest BCUT2D eigenvalue weighted by molar-refractivity contribution is 5.76. The smallest absolute Gasteiger partial charge is 0.252 e. The van der Waals surface area contributed by atoms with E-state index in [4.69, 9.17) is 4.74 Å². The number of anilines is 1. The summed E-state index contributed by atoms with van der Waals surface area (Å²) in [6.45, 7) is 4.70. The van der Waals surface area contributed by atoms with Crippen molar-refractivity contribution in [3.63, 3.8) is 0 Å². The van der Waals surface area contributed by atoms with Crippen LogP contribution in [0.15, 0.2) is 10.9 Å². The number of rotatable bonds is 4. The first-order valence-corrected chi connectivity index (χ1v) is 6.32. The molecule has 0 spiro atoms. The molecule has 1 aliphatic rings. The second-order valence-corrected chi connectivity index (χ2v) is 4.39. The van der Waals surface area contributed by atoms with Crippen molar-refractivity contribution < 1.29 is 9.53 Å². The Bertz CT molecular complexity index is 494. The summed E-state index contributed by atoms with van der Waals surface area (Å²) >= 11 is 0. The molecule has 2 heterocycles. The van der Waals surface area contributed by atoms with Crippen molar-refractivity contribution in [3.8, 4) is 0 Å². The fourth-order valence-electron chi connectivity index (χ4n) is 1.94. The molecule has 2 N–H and O–H groups in total. The molecule has 1 aliphatic heterocycles. The topological polar surface area (TPSA) is 87.3 Å². The average molecular weight is 266 g/mol. The molecule has 19 heavy (non-hydrogen) atoms. The molecule has 0 atom stereocenters. The fourth-order valence-corrected chi connectivity index (χ4v) is 1.94. The van der Waals surface area contributed by atoms with Gasteiger partial charge in [-0.2, -0.15) is 0 Å². The van der Waals surface area contributed by atoms with E-state index < -0.39 is 0 Å². The number of hydrogen-bond donors (Lipinski definition) is 2. The molecule has 0 aliphatic carbocycles. The first-order chi connectivity index (χ1) is 9.15. The maximum absolute atomic E-state index is 11.9. The monoisotopic (exact) mass is 266 g/mol. The Morgan fingerprint density at radius 3 is 2.95 bits per heavy atom. The standard InChI is InChI=1S/C12H18N4O3/c1-9-14-10(8-11(17)15-9)13-3-2-12(18)16-4-6-19-7-5-16/h8H,2-7H2,1H3,(H2,13,14,15,17). The Labute approximate surface area is 111 Å². The number of morpholine rings is 1. The van der Waals surface area contributed by atoms with Crippen LogP contribution in [-0.2, 0) is 9.53 Å². The number of hydrogen-bond acceptors (Lipinski definition) is 5. The molecule has 7 heteroatoms. The van der Waals surface area contributed by atoms with Gasteiger partial charge in [-0.1, -0.05) is 0 Å². The SMILES string of the molecule is Cc1nc(NCCC(=O)N2CCOCC2)cc(=O)[nH]1. The number of aromatic amines is 1. The van der Waals surface area contributed by atoms with Gasteiger partial charge in [0.15, 0.2) is 0 Å². The van der Waals surface area contributed by atoms with Crippen LogP contribution >= 0.6 is 0 Å². The average Bonchev–Trinajstić information content (AvgIpc) is 2.38. The molecule has 1 aromatic heterocycles. The molecule has 2 rings (SSSR count). The molecule has 1 fully saturated rings. The van der Waals surface area contributed by atoms with Crippen molar-refractivity contribution in [1.29, 1.82) is 0 Å². The van der Waals surface area contributed by atoms with Crippen molar-refractivity contribution >= 4 is 11.7 Å². The van der Waals surface area contributed by atoms with Gasteiger partial charge in [0.2, 0.25) is 5.91 Å². The predicted molar refractivity (Wildman–Crippen MR) is 70.1 cm³/mol. The van der Waals surface area contributed by atoms with Gasteiger partial charge in [-0.3, -0.25) is 9.59 Å². The highest BCUT2D eigenvalue weighted by Crippen LogP contribution is 2.02. The minimum absolute atomic E-state index is 0.0948. The van der Waals surface area contributed by atoms with E-state index in [9.17, 15) is 9.59 Å². The predicted octanol–water partition coefficient (Wildman–Crippen LogP) is -0.261. The lowest BCUT2D eigenvalue weighted by Gasteiger charge is -2.26. The number of carbonyl (C=O) groups is 1. The molecule has 0 saturated carbocycles. The van der Waals surface area contributed by atoms with Crippen LogP contribution in [0.3, 0.4) is 0 Å². The van der Waals surface area contributed by atoms with Crippen molar-refractivity contribution in [1.82, 2.24) is 14.9 Å². The summed E-state index contributed by atoms with van der Waals surface area (Å²) in [6.07, 6.45) is 0.382. The van der Waals surface area contributed by atoms with E-state index in [2.05, 4.69) is 15.3 Å². The van der Waals surface area contributed by atoms with E-state index in [1.165, 1.54) is 6.07 Å². The van der Waals surface area contributed by atoms with Crippen LogP contribution < -0.4 is 10.9 Å². The van der Waals surface area contributed by atoms with Crippen molar-refractivity contribution in [2.24, 2.45) is 0 Å². The maximum atomic E-state index is 11.9. The van der Waals surface area contributed by atoms with E-state index >= 15 is 0 Å². The molecule has 0 unspecified atom stereocenters. The van der Waals surface area contributed by atoms with Gasteiger partial charge in [0.05, 0.1) is 13.2 Å². The van der Waals surface area contributed by atoms with Gasteiger partial charge in [0, 0.05) is 32.1 Å². The zero-order chi connectivity index (χ0) is 13.7. The first kappa shape index (κ1) is 13.5. The Morgan fingerprint density at radius 2 is 2.26 bits per heavy atom. The molecule has 7 nitrogen and oxygen atoms in total. The highest BCUT2D eigenvalue weighted by Gasteiger charge is 2.15. The number of H-pyrrole nitrogens is 1. The second-order valence-electron chi connectivity index (χ2n) is 4.39. The third kappa shape index (κ3) is 4.06. The van der Waals surface area contributed by atoms with E-state index in [1.807, 2.05) is 0 Å². The lowest BCUT2D eigenvalue weighted by atomic mass is 10.3. The number of ether oxygens (including phenoxy) is 1. The fraction of sp³-hybridized carbons (Fsp3) is 0.583. The van der Waals surface area contributed by atoms with Gasteiger partial charge >= 0.3 is 0 Å². The summed E-state index contributed by atoms with van der Waals surface area (Å²) in [6, 6.07) is 1.38. The van der Waals surface area contributed by atoms with Gasteiger partial charge in [-0.05, 0) is 6.92 Å². The Balaban J connectivity index is 1.79. The van der Waals surface area contributed by atoms with Gasteiger partial charge in [-0.25, -0.2) is 4.98 Å². The van der Waals surface area contributed by atoms with Gasteiger partial charge in [-0.15, -0.1) is 0 Å². The van der Waals surface area contributed by atoms with Crippen molar-refractivity contribution in [3.05, 3.63) is 22.2 Å². The number of aromatic nitrogens is 2. The van der Waals surface area contributed by atoms with Crippen LogP contribution in [0, 0.1) is 6.92 Å². The van der Waals surface area contributed by atoms with Crippen LogP contribution in [0.2, 0.25) is 0 Å². The molecule has 1 amide bonds. The molecule has 104 valence electrons. The van der Waals surface area contributed by atoms with Crippen LogP contribution in [0.5, 0.6) is 0 Å². The second kappa shape index (κ2) is 6.33. The van der Waals surface area contributed by atoms with E-state index in [0.29, 0.717) is 50.9 Å². The van der Waals surface area contributed by atoms with Crippen LogP contribution in [-0.4, -0.2) is 53.6 Å². The number of nitrogens with one attached hydrogen (secondary N) is 2. The third-order valence-corrected chi connectivity index (χ3v) is 2.87. The maximum Gasteiger partial charge on any atom is 0.252 e. The van der Waals surface area contributed by atoms with Crippen LogP contribution in [0.4, 0.5) is 5.82 Å². The van der Waals surface area contributed by atoms with Gasteiger partial charge in [0.25, 0.3) is 5.56 Å². The van der Waals surface area contributed by atoms with E-state index in [1.54, 1.807) is 11.8 Å². The van der Waals surface area contributed by atoms with E-state index in [-0.39, 0.29) is 11.5 Å². The van der Waals surface area contributed by atoms with Crippen molar-refractivity contribution in [2.45, 2.75) is 13.3 Å². The lowest BCUT2D eigenvalue weighted by Crippen LogP contribution is -2.41. The minimum Gasteiger partial charge on any atom is -0.378 e. The number of carbonyl (C=O) groups excluding carboxylic acids is 1. The zero-order valence-electron chi connectivity index (χ0n) is 10.9. The molecule has 0 bridgehead atoms. The van der Waals surface area contributed by atoms with Gasteiger partial charge < -0.3 is 19.9 Å². The molecule has 1 saturated heterocycles. The van der Waals surface area contributed by atoms with Crippen LogP contribution in [0.25, 0.3) is 0 Å². The summed E-state index contributed by atoms with van der Waals surface area (Å²) in [5.74, 6) is 1.14. The normalized spacial score (nSPS) is 15.3.